The molecule has 0 amide bonds. The van der Waals surface area contributed by atoms with Crippen molar-refractivity contribution in [3.8, 4) is 0 Å². The van der Waals surface area contributed by atoms with Crippen molar-refractivity contribution in [2.75, 3.05) is 0 Å². The molecule has 0 fully saturated rings. The average Bonchev–Trinajstić information content (AvgIpc) is 2.60. The average molecular weight is 288 g/mol. The van der Waals surface area contributed by atoms with Gasteiger partial charge in [0.05, 0.1) is 16.4 Å². The third-order valence-corrected chi connectivity index (χ3v) is 3.36. The third-order valence-electron chi connectivity index (χ3n) is 2.75. The smallest absolute Gasteiger partial charge is 0.0696 e. The van der Waals surface area contributed by atoms with E-state index in [4.69, 9.17) is 5.73 Å². The number of nitrogens with zero attached hydrogens (tertiary/aromatic N) is 2. The summed E-state index contributed by atoms with van der Waals surface area (Å²) >= 11 is 3.53. The molecule has 1 aromatic rings. The lowest BCUT2D eigenvalue weighted by Crippen LogP contribution is -2.18. The van der Waals surface area contributed by atoms with Gasteiger partial charge in [-0.1, -0.05) is 26.2 Å². The Morgan fingerprint density at radius 1 is 1.44 bits per heavy atom. The summed E-state index contributed by atoms with van der Waals surface area (Å²) in [5.74, 6) is 0. The molecule has 0 bridgehead atoms. The first-order chi connectivity index (χ1) is 7.57. The molecule has 0 radical (unpaired) electrons. The van der Waals surface area contributed by atoms with Gasteiger partial charge in [-0.15, -0.1) is 0 Å². The second-order valence-corrected chi connectivity index (χ2v) is 5.37. The highest BCUT2D eigenvalue weighted by molar-refractivity contribution is 9.10. The lowest BCUT2D eigenvalue weighted by atomic mass is 10.1. The van der Waals surface area contributed by atoms with Gasteiger partial charge in [-0.25, -0.2) is 0 Å². The van der Waals surface area contributed by atoms with Gasteiger partial charge in [0.2, 0.25) is 0 Å². The zero-order valence-corrected chi connectivity index (χ0v) is 12.0. The zero-order valence-electron chi connectivity index (χ0n) is 10.4. The van der Waals surface area contributed by atoms with Crippen molar-refractivity contribution in [1.29, 1.82) is 0 Å². The molecule has 0 saturated carbocycles. The van der Waals surface area contributed by atoms with E-state index in [1.165, 1.54) is 19.3 Å². The van der Waals surface area contributed by atoms with Gasteiger partial charge in [0, 0.05) is 12.1 Å². The molecule has 92 valence electrons. The molecule has 0 aliphatic rings. The number of hydrogen-bond donors (Lipinski definition) is 1. The predicted molar refractivity (Wildman–Crippen MR) is 71.4 cm³/mol. The molecule has 0 aliphatic carbocycles. The fourth-order valence-corrected chi connectivity index (χ4v) is 2.43. The van der Waals surface area contributed by atoms with Crippen molar-refractivity contribution in [1.82, 2.24) is 9.78 Å². The minimum absolute atomic E-state index is 0.0887. The summed E-state index contributed by atoms with van der Waals surface area (Å²) in [4.78, 5) is 0. The van der Waals surface area contributed by atoms with Crippen LogP contribution in [0.4, 0.5) is 0 Å². The Hall–Kier alpha value is -0.350. The Balaban J connectivity index is 2.73. The maximum absolute atomic E-state index is 6.23. The van der Waals surface area contributed by atoms with E-state index in [0.717, 1.165) is 16.6 Å². The van der Waals surface area contributed by atoms with Gasteiger partial charge < -0.3 is 5.73 Å². The minimum atomic E-state index is 0.0887. The van der Waals surface area contributed by atoms with E-state index >= 15 is 0 Å². The van der Waals surface area contributed by atoms with Crippen LogP contribution < -0.4 is 5.73 Å². The summed E-state index contributed by atoms with van der Waals surface area (Å²) in [7, 11) is 0. The van der Waals surface area contributed by atoms with Gasteiger partial charge in [-0.05, 0) is 36.2 Å². The molecule has 3 nitrogen and oxygen atoms in total. The molecule has 0 spiro atoms. The molecule has 0 aliphatic heterocycles. The van der Waals surface area contributed by atoms with E-state index in [-0.39, 0.29) is 6.04 Å². The number of nitrogens with two attached hydrogens (primary N) is 1. The number of hydrogen-bond acceptors (Lipinski definition) is 2. The van der Waals surface area contributed by atoms with Crippen LogP contribution >= 0.6 is 15.9 Å². The molecule has 16 heavy (non-hydrogen) atoms. The summed E-state index contributed by atoms with van der Waals surface area (Å²) in [6.45, 7) is 6.46. The summed E-state index contributed by atoms with van der Waals surface area (Å²) < 4.78 is 3.05. The highest BCUT2D eigenvalue weighted by Gasteiger charge is 2.17. The maximum atomic E-state index is 6.23. The van der Waals surface area contributed by atoms with Gasteiger partial charge in [0.15, 0.2) is 0 Å². The lowest BCUT2D eigenvalue weighted by Gasteiger charge is -2.17. The van der Waals surface area contributed by atoms with E-state index < -0.39 is 0 Å². The van der Waals surface area contributed by atoms with Crippen LogP contribution in [-0.2, 0) is 0 Å². The van der Waals surface area contributed by atoms with Crippen molar-refractivity contribution in [2.24, 2.45) is 5.73 Å². The first kappa shape index (κ1) is 13.7. The summed E-state index contributed by atoms with van der Waals surface area (Å²) in [6, 6.07) is 0.448. The van der Waals surface area contributed by atoms with E-state index in [1.807, 2.05) is 10.9 Å². The maximum Gasteiger partial charge on any atom is 0.0696 e. The standard InChI is InChI=1S/C12H22BrN3/c1-4-5-6-7-11(14)12-10(13)8-15-16(12)9(2)3/h8-9,11H,4-7,14H2,1-3H3. The third kappa shape index (κ3) is 3.32. The quantitative estimate of drug-likeness (QED) is 0.809. The predicted octanol–water partition coefficient (Wildman–Crippen LogP) is 3.81. The number of rotatable bonds is 6. The van der Waals surface area contributed by atoms with E-state index in [2.05, 4.69) is 41.8 Å². The van der Waals surface area contributed by atoms with Gasteiger partial charge in [0.25, 0.3) is 0 Å². The van der Waals surface area contributed by atoms with Crippen molar-refractivity contribution < 1.29 is 0 Å². The van der Waals surface area contributed by atoms with Crippen LogP contribution in [0.5, 0.6) is 0 Å². The number of aromatic nitrogens is 2. The second-order valence-electron chi connectivity index (χ2n) is 4.52. The SMILES string of the molecule is CCCCCC(N)c1c(Br)cnn1C(C)C. The van der Waals surface area contributed by atoms with Crippen LogP contribution in [-0.4, -0.2) is 9.78 Å². The van der Waals surface area contributed by atoms with Gasteiger partial charge in [0.1, 0.15) is 0 Å². The molecule has 1 rings (SSSR count). The number of halogens is 1. The van der Waals surface area contributed by atoms with Crippen LogP contribution in [0.3, 0.4) is 0 Å². The molecular weight excluding hydrogens is 266 g/mol. The van der Waals surface area contributed by atoms with Crippen molar-refractivity contribution in [3.63, 3.8) is 0 Å². The largest absolute Gasteiger partial charge is 0.323 e. The lowest BCUT2D eigenvalue weighted by molar-refractivity contribution is 0.467. The van der Waals surface area contributed by atoms with E-state index in [1.54, 1.807) is 0 Å². The fourth-order valence-electron chi connectivity index (χ4n) is 1.86. The van der Waals surface area contributed by atoms with Gasteiger partial charge in [-0.3, -0.25) is 4.68 Å². The Labute approximate surface area is 107 Å². The monoisotopic (exact) mass is 287 g/mol. The normalized spacial score (nSPS) is 13.4. The van der Waals surface area contributed by atoms with Crippen molar-refractivity contribution in [2.45, 2.75) is 58.5 Å². The highest BCUT2D eigenvalue weighted by Crippen LogP contribution is 2.27. The van der Waals surface area contributed by atoms with E-state index in [9.17, 15) is 0 Å². The van der Waals surface area contributed by atoms with Crippen LogP contribution in [0.25, 0.3) is 0 Å². The molecule has 2 N–H and O–H groups in total. The molecule has 0 aromatic carbocycles. The molecule has 1 atom stereocenters. The number of unbranched alkanes of at least 4 members (excludes halogenated alkanes) is 2. The van der Waals surface area contributed by atoms with Crippen LogP contribution in [0.1, 0.15) is 64.2 Å². The first-order valence-corrected chi connectivity index (χ1v) is 6.85. The summed E-state index contributed by atoms with van der Waals surface area (Å²) in [5, 5.41) is 4.35. The minimum Gasteiger partial charge on any atom is -0.323 e. The zero-order chi connectivity index (χ0) is 12.1. The van der Waals surface area contributed by atoms with Crippen LogP contribution in [0.2, 0.25) is 0 Å². The Morgan fingerprint density at radius 2 is 2.12 bits per heavy atom. The van der Waals surface area contributed by atoms with Crippen LogP contribution in [0, 0.1) is 0 Å². The second kappa shape index (κ2) is 6.40. The molecule has 1 heterocycles. The Morgan fingerprint density at radius 3 is 2.69 bits per heavy atom. The summed E-state index contributed by atoms with van der Waals surface area (Å²) in [5.41, 5.74) is 7.36. The molecular formula is C12H22BrN3. The Bertz CT molecular complexity index is 320. The van der Waals surface area contributed by atoms with Crippen LogP contribution in [0.15, 0.2) is 10.7 Å². The first-order valence-electron chi connectivity index (χ1n) is 6.06. The molecule has 1 unspecified atom stereocenters. The van der Waals surface area contributed by atoms with Gasteiger partial charge in [-0.2, -0.15) is 5.10 Å². The van der Waals surface area contributed by atoms with Crippen molar-refractivity contribution in [3.05, 3.63) is 16.4 Å². The molecule has 1 aromatic heterocycles. The topological polar surface area (TPSA) is 43.8 Å². The highest BCUT2D eigenvalue weighted by atomic mass is 79.9. The molecule has 4 heteroatoms. The molecule has 0 saturated heterocycles. The summed E-state index contributed by atoms with van der Waals surface area (Å²) in [6.07, 6.45) is 6.55. The van der Waals surface area contributed by atoms with E-state index in [0.29, 0.717) is 6.04 Å². The fraction of sp³-hybridized carbons (Fsp3) is 0.750. The van der Waals surface area contributed by atoms with Crippen molar-refractivity contribution >= 4 is 15.9 Å². The Kier molecular flexibility index (Phi) is 5.49. The van der Waals surface area contributed by atoms with Gasteiger partial charge >= 0.3 is 0 Å².